The molecule has 4 nitrogen and oxygen atoms in total. The van der Waals surface area contributed by atoms with Gasteiger partial charge < -0.3 is 10.6 Å². The molecule has 0 spiro atoms. The molecule has 0 fully saturated rings. The maximum atomic E-state index is 13.6. The van der Waals surface area contributed by atoms with Crippen LogP contribution >= 0.6 is 0 Å². The average molecular weight is 343 g/mol. The number of halogens is 3. The van der Waals surface area contributed by atoms with Crippen molar-refractivity contribution in [3.63, 3.8) is 0 Å². The van der Waals surface area contributed by atoms with Crippen LogP contribution in [0.5, 0.6) is 0 Å². The second-order valence-electron chi connectivity index (χ2n) is 5.11. The number of nitrogens with one attached hydrogen (secondary N) is 2. The van der Waals surface area contributed by atoms with E-state index >= 15 is 0 Å². The predicted molar refractivity (Wildman–Crippen MR) is 88.2 cm³/mol. The van der Waals surface area contributed by atoms with Crippen molar-refractivity contribution in [1.29, 1.82) is 0 Å². The van der Waals surface area contributed by atoms with E-state index in [1.807, 2.05) is 0 Å². The van der Waals surface area contributed by atoms with Gasteiger partial charge in [-0.1, -0.05) is 6.07 Å². The molecule has 0 radical (unpaired) electrons. The Morgan fingerprint density at radius 2 is 1.48 bits per heavy atom. The molecule has 0 aliphatic rings. The molecule has 1 aromatic heterocycles. The van der Waals surface area contributed by atoms with E-state index in [1.54, 1.807) is 0 Å². The lowest BCUT2D eigenvalue weighted by Crippen LogP contribution is -2.13. The van der Waals surface area contributed by atoms with Crippen molar-refractivity contribution >= 4 is 23.0 Å². The van der Waals surface area contributed by atoms with Gasteiger partial charge in [0.1, 0.15) is 28.8 Å². The molecule has 1 amide bonds. The highest BCUT2D eigenvalue weighted by Gasteiger charge is 2.11. The van der Waals surface area contributed by atoms with Gasteiger partial charge in [0.05, 0.1) is 11.9 Å². The molecule has 0 unspecified atom stereocenters. The Balaban J connectivity index is 1.71. The lowest BCUT2D eigenvalue weighted by molar-refractivity contribution is 0.102. The summed E-state index contributed by atoms with van der Waals surface area (Å²) in [6.07, 6.45) is 1.28. The molecule has 0 atom stereocenters. The van der Waals surface area contributed by atoms with Crippen LogP contribution in [0, 0.1) is 17.5 Å². The molecular formula is C18H12F3N3O. The molecule has 126 valence electrons. The van der Waals surface area contributed by atoms with Gasteiger partial charge in [-0.15, -0.1) is 0 Å². The van der Waals surface area contributed by atoms with Gasteiger partial charge in [-0.05, 0) is 48.5 Å². The molecule has 0 aliphatic heterocycles. The van der Waals surface area contributed by atoms with Crippen molar-refractivity contribution in [3.05, 3.63) is 83.9 Å². The van der Waals surface area contributed by atoms with E-state index in [4.69, 9.17) is 0 Å². The fraction of sp³-hybridized carbons (Fsp3) is 0. The van der Waals surface area contributed by atoms with Crippen LogP contribution in [0.2, 0.25) is 0 Å². The van der Waals surface area contributed by atoms with Crippen LogP contribution in [-0.2, 0) is 0 Å². The number of amides is 1. The molecule has 1 heterocycles. The van der Waals surface area contributed by atoms with E-state index < -0.39 is 23.4 Å². The van der Waals surface area contributed by atoms with E-state index in [0.717, 1.165) is 12.1 Å². The number of hydrogen-bond donors (Lipinski definition) is 2. The number of nitrogens with zero attached hydrogens (tertiary/aromatic N) is 1. The molecule has 7 heteroatoms. The third kappa shape index (κ3) is 3.95. The van der Waals surface area contributed by atoms with Crippen LogP contribution in [0.15, 0.2) is 60.8 Å². The van der Waals surface area contributed by atoms with Gasteiger partial charge in [-0.3, -0.25) is 4.79 Å². The van der Waals surface area contributed by atoms with Crippen molar-refractivity contribution in [3.8, 4) is 0 Å². The van der Waals surface area contributed by atoms with E-state index in [1.165, 1.54) is 48.7 Å². The van der Waals surface area contributed by atoms with Crippen molar-refractivity contribution in [2.45, 2.75) is 0 Å². The van der Waals surface area contributed by atoms with Crippen LogP contribution in [0.25, 0.3) is 0 Å². The summed E-state index contributed by atoms with van der Waals surface area (Å²) in [5.41, 5.74) is 0.544. The SMILES string of the molecule is O=C(Nc1ccc(F)cc1)c1ccc(Nc2c(F)cccc2F)cn1. The quantitative estimate of drug-likeness (QED) is 0.734. The minimum atomic E-state index is -0.738. The standard InChI is InChI=1S/C18H12F3N3O/c19-11-4-6-12(7-5-11)24-18(25)16-9-8-13(10-22-16)23-17-14(20)2-1-3-15(17)21/h1-10,23H,(H,24,25). The largest absolute Gasteiger partial charge is 0.349 e. The fourth-order valence-electron chi connectivity index (χ4n) is 2.09. The third-order valence-corrected chi connectivity index (χ3v) is 3.33. The molecule has 2 N–H and O–H groups in total. The van der Waals surface area contributed by atoms with Crippen LogP contribution in [0.4, 0.5) is 30.2 Å². The number of benzene rings is 2. The summed E-state index contributed by atoms with van der Waals surface area (Å²) >= 11 is 0. The van der Waals surface area contributed by atoms with Crippen molar-refractivity contribution in [1.82, 2.24) is 4.98 Å². The van der Waals surface area contributed by atoms with Gasteiger partial charge >= 0.3 is 0 Å². The summed E-state index contributed by atoms with van der Waals surface area (Å²) < 4.78 is 40.0. The van der Waals surface area contributed by atoms with E-state index in [-0.39, 0.29) is 11.4 Å². The van der Waals surface area contributed by atoms with E-state index in [2.05, 4.69) is 15.6 Å². The first kappa shape index (κ1) is 16.5. The maximum Gasteiger partial charge on any atom is 0.274 e. The predicted octanol–water partition coefficient (Wildman–Crippen LogP) is 4.49. The molecular weight excluding hydrogens is 331 g/mol. The lowest BCUT2D eigenvalue weighted by atomic mass is 10.2. The van der Waals surface area contributed by atoms with Crippen molar-refractivity contribution in [2.24, 2.45) is 0 Å². The Bertz CT molecular complexity index is 876. The highest BCUT2D eigenvalue weighted by Crippen LogP contribution is 2.22. The molecule has 0 saturated heterocycles. The summed E-state index contributed by atoms with van der Waals surface area (Å²) in [6, 6.07) is 11.7. The Labute approximate surface area is 141 Å². The Kier molecular flexibility index (Phi) is 4.65. The first-order chi connectivity index (χ1) is 12.0. The highest BCUT2D eigenvalue weighted by molar-refractivity contribution is 6.02. The Morgan fingerprint density at radius 1 is 0.840 bits per heavy atom. The number of rotatable bonds is 4. The van der Waals surface area contributed by atoms with Gasteiger partial charge in [0.2, 0.25) is 0 Å². The highest BCUT2D eigenvalue weighted by atomic mass is 19.1. The van der Waals surface area contributed by atoms with Gasteiger partial charge in [-0.2, -0.15) is 0 Å². The molecule has 0 saturated carbocycles. The van der Waals surface area contributed by atoms with Crippen LogP contribution in [0.3, 0.4) is 0 Å². The Hall–Kier alpha value is -3.35. The minimum absolute atomic E-state index is 0.101. The van der Waals surface area contributed by atoms with E-state index in [0.29, 0.717) is 11.4 Å². The molecule has 3 aromatic rings. The van der Waals surface area contributed by atoms with Crippen LogP contribution in [0.1, 0.15) is 10.5 Å². The fourth-order valence-corrected chi connectivity index (χ4v) is 2.09. The van der Waals surface area contributed by atoms with Crippen LogP contribution in [-0.4, -0.2) is 10.9 Å². The number of anilines is 3. The zero-order valence-electron chi connectivity index (χ0n) is 12.8. The van der Waals surface area contributed by atoms with Gasteiger partial charge in [-0.25, -0.2) is 18.2 Å². The van der Waals surface area contributed by atoms with Gasteiger partial charge in [0, 0.05) is 5.69 Å². The zero-order valence-corrected chi connectivity index (χ0v) is 12.8. The van der Waals surface area contributed by atoms with Gasteiger partial charge in [0.25, 0.3) is 5.91 Å². The maximum absolute atomic E-state index is 13.6. The molecule has 0 bridgehead atoms. The second-order valence-corrected chi connectivity index (χ2v) is 5.11. The number of carbonyl (C=O) groups is 1. The summed E-state index contributed by atoms with van der Waals surface area (Å²) in [6.45, 7) is 0. The summed E-state index contributed by atoms with van der Waals surface area (Å²) in [7, 11) is 0. The number of hydrogen-bond acceptors (Lipinski definition) is 3. The van der Waals surface area contributed by atoms with Gasteiger partial charge in [0.15, 0.2) is 0 Å². The zero-order chi connectivity index (χ0) is 17.8. The third-order valence-electron chi connectivity index (χ3n) is 3.33. The van der Waals surface area contributed by atoms with Crippen LogP contribution < -0.4 is 10.6 Å². The number of aromatic nitrogens is 1. The van der Waals surface area contributed by atoms with E-state index in [9.17, 15) is 18.0 Å². The molecule has 2 aromatic carbocycles. The summed E-state index contributed by atoms with van der Waals surface area (Å²) in [5.74, 6) is -2.38. The normalized spacial score (nSPS) is 10.4. The Morgan fingerprint density at radius 3 is 2.08 bits per heavy atom. The van der Waals surface area contributed by atoms with Crippen molar-refractivity contribution in [2.75, 3.05) is 10.6 Å². The summed E-state index contributed by atoms with van der Waals surface area (Å²) in [5, 5.41) is 5.14. The van der Waals surface area contributed by atoms with Crippen molar-refractivity contribution < 1.29 is 18.0 Å². The summed E-state index contributed by atoms with van der Waals surface area (Å²) in [4.78, 5) is 16.0. The number of para-hydroxylation sites is 1. The molecule has 3 rings (SSSR count). The average Bonchev–Trinajstić information content (AvgIpc) is 2.61. The topological polar surface area (TPSA) is 54.0 Å². The molecule has 25 heavy (non-hydrogen) atoms. The first-order valence-electron chi connectivity index (χ1n) is 7.27. The molecule has 0 aliphatic carbocycles. The first-order valence-corrected chi connectivity index (χ1v) is 7.27. The smallest absolute Gasteiger partial charge is 0.274 e. The lowest BCUT2D eigenvalue weighted by Gasteiger charge is -2.09. The number of carbonyl (C=O) groups excluding carboxylic acids is 1. The minimum Gasteiger partial charge on any atom is -0.349 e. The second kappa shape index (κ2) is 7.04. The number of pyridine rings is 1. The monoisotopic (exact) mass is 343 g/mol.